The molecule has 19 heavy (non-hydrogen) atoms. The highest BCUT2D eigenvalue weighted by Crippen LogP contribution is 2.18. The summed E-state index contributed by atoms with van der Waals surface area (Å²) in [5.74, 6) is -1.11. The molecular formula is C14H11ClFNO2. The Morgan fingerprint density at radius 2 is 1.89 bits per heavy atom. The summed E-state index contributed by atoms with van der Waals surface area (Å²) in [4.78, 5) is 11.8. The van der Waals surface area contributed by atoms with E-state index in [0.29, 0.717) is 0 Å². The second kappa shape index (κ2) is 5.71. The van der Waals surface area contributed by atoms with Crippen LogP contribution >= 0.6 is 11.6 Å². The van der Waals surface area contributed by atoms with Gasteiger partial charge in [-0.25, -0.2) is 4.39 Å². The average molecular weight is 280 g/mol. The van der Waals surface area contributed by atoms with Crippen molar-refractivity contribution in [3.05, 3.63) is 64.4 Å². The fourth-order valence-corrected chi connectivity index (χ4v) is 1.75. The van der Waals surface area contributed by atoms with Crippen molar-refractivity contribution >= 4 is 17.5 Å². The van der Waals surface area contributed by atoms with E-state index < -0.39 is 11.7 Å². The lowest BCUT2D eigenvalue weighted by atomic mass is 10.2. The van der Waals surface area contributed by atoms with Gasteiger partial charge in [0.15, 0.2) is 5.82 Å². The Labute approximate surface area is 114 Å². The standard InChI is InChI=1S/C14H11ClFNO2/c15-12-3-1-2-11(13(12)16)14(19)17-8-9-4-6-10(18)7-5-9/h1-7,18H,8H2,(H,17,19). The largest absolute Gasteiger partial charge is 0.508 e. The first kappa shape index (κ1) is 13.4. The Hall–Kier alpha value is -2.07. The third-order valence-electron chi connectivity index (χ3n) is 2.59. The van der Waals surface area contributed by atoms with Crippen LogP contribution in [0.2, 0.25) is 5.02 Å². The molecule has 2 aromatic rings. The molecule has 98 valence electrons. The third kappa shape index (κ3) is 3.23. The molecular weight excluding hydrogens is 269 g/mol. The number of nitrogens with one attached hydrogen (secondary N) is 1. The maximum atomic E-state index is 13.6. The van der Waals surface area contributed by atoms with Crippen molar-refractivity contribution in [3.63, 3.8) is 0 Å². The van der Waals surface area contributed by atoms with Crippen LogP contribution in [0.15, 0.2) is 42.5 Å². The maximum Gasteiger partial charge on any atom is 0.254 e. The van der Waals surface area contributed by atoms with Gasteiger partial charge in [0.05, 0.1) is 10.6 Å². The molecule has 0 saturated carbocycles. The summed E-state index contributed by atoms with van der Waals surface area (Å²) in [6.07, 6.45) is 0. The molecule has 0 unspecified atom stereocenters. The number of rotatable bonds is 3. The van der Waals surface area contributed by atoms with Gasteiger partial charge in [0.1, 0.15) is 5.75 Å². The number of halogens is 2. The van der Waals surface area contributed by atoms with Crippen LogP contribution in [0, 0.1) is 5.82 Å². The SMILES string of the molecule is O=C(NCc1ccc(O)cc1)c1cccc(Cl)c1F. The number of hydrogen-bond acceptors (Lipinski definition) is 2. The molecule has 0 radical (unpaired) electrons. The molecule has 0 aliphatic heterocycles. The van der Waals surface area contributed by atoms with Gasteiger partial charge in [-0.05, 0) is 29.8 Å². The average Bonchev–Trinajstić information content (AvgIpc) is 2.41. The summed E-state index contributed by atoms with van der Waals surface area (Å²) < 4.78 is 13.6. The number of carbonyl (C=O) groups is 1. The molecule has 0 aliphatic carbocycles. The minimum Gasteiger partial charge on any atom is -0.508 e. The zero-order valence-corrected chi connectivity index (χ0v) is 10.6. The van der Waals surface area contributed by atoms with Crippen LogP contribution in [-0.4, -0.2) is 11.0 Å². The first-order chi connectivity index (χ1) is 9.08. The summed E-state index contributed by atoms with van der Waals surface area (Å²) in [6, 6.07) is 10.6. The van der Waals surface area contributed by atoms with Crippen LogP contribution in [0.1, 0.15) is 15.9 Å². The number of phenolic OH excluding ortho intramolecular Hbond substituents is 1. The molecule has 0 bridgehead atoms. The fourth-order valence-electron chi connectivity index (χ4n) is 1.57. The molecule has 5 heteroatoms. The topological polar surface area (TPSA) is 49.3 Å². The minimum absolute atomic E-state index is 0.0858. The molecule has 0 spiro atoms. The van der Waals surface area contributed by atoms with E-state index in [1.165, 1.54) is 30.3 Å². The minimum atomic E-state index is -0.729. The van der Waals surface area contributed by atoms with Crippen LogP contribution in [0.4, 0.5) is 4.39 Å². The quantitative estimate of drug-likeness (QED) is 0.907. The van der Waals surface area contributed by atoms with Gasteiger partial charge in [0.25, 0.3) is 5.91 Å². The predicted octanol–water partition coefficient (Wildman–Crippen LogP) is 3.11. The number of phenols is 1. The first-order valence-corrected chi connectivity index (χ1v) is 5.96. The number of carbonyl (C=O) groups excluding carboxylic acids is 1. The Morgan fingerprint density at radius 3 is 2.58 bits per heavy atom. The van der Waals surface area contributed by atoms with E-state index in [-0.39, 0.29) is 22.9 Å². The number of amides is 1. The van der Waals surface area contributed by atoms with Crippen molar-refractivity contribution in [2.75, 3.05) is 0 Å². The fraction of sp³-hybridized carbons (Fsp3) is 0.0714. The zero-order valence-electron chi connectivity index (χ0n) is 9.86. The number of hydrogen-bond donors (Lipinski definition) is 2. The van der Waals surface area contributed by atoms with Crippen molar-refractivity contribution in [2.45, 2.75) is 6.54 Å². The second-order valence-electron chi connectivity index (χ2n) is 3.95. The lowest BCUT2D eigenvalue weighted by Crippen LogP contribution is -2.23. The summed E-state index contributed by atoms with van der Waals surface area (Å²) in [5, 5.41) is 11.6. The van der Waals surface area contributed by atoms with E-state index in [2.05, 4.69) is 5.32 Å². The van der Waals surface area contributed by atoms with Crippen molar-refractivity contribution in [1.82, 2.24) is 5.32 Å². The molecule has 0 aromatic heterocycles. The van der Waals surface area contributed by atoms with Gasteiger partial charge >= 0.3 is 0 Å². The molecule has 2 rings (SSSR count). The van der Waals surface area contributed by atoms with Gasteiger partial charge in [0.2, 0.25) is 0 Å². The molecule has 0 atom stereocenters. The number of benzene rings is 2. The smallest absolute Gasteiger partial charge is 0.254 e. The predicted molar refractivity (Wildman–Crippen MR) is 70.7 cm³/mol. The number of aromatic hydroxyl groups is 1. The summed E-state index contributed by atoms with van der Waals surface area (Å²) in [7, 11) is 0. The molecule has 0 heterocycles. The van der Waals surface area contributed by atoms with Gasteiger partial charge in [-0.3, -0.25) is 4.79 Å². The van der Waals surface area contributed by atoms with E-state index in [1.807, 2.05) is 0 Å². The molecule has 0 saturated heterocycles. The van der Waals surface area contributed by atoms with Crippen LogP contribution in [0.3, 0.4) is 0 Å². The summed E-state index contributed by atoms with van der Waals surface area (Å²) >= 11 is 5.61. The Balaban J connectivity index is 2.05. The zero-order chi connectivity index (χ0) is 13.8. The molecule has 0 aliphatic rings. The summed E-state index contributed by atoms with van der Waals surface area (Å²) in [6.45, 7) is 0.241. The van der Waals surface area contributed by atoms with E-state index in [0.717, 1.165) is 5.56 Å². The van der Waals surface area contributed by atoms with Crippen molar-refractivity contribution in [2.24, 2.45) is 0 Å². The van der Waals surface area contributed by atoms with Gasteiger partial charge in [-0.15, -0.1) is 0 Å². The molecule has 0 fully saturated rings. The van der Waals surface area contributed by atoms with Gasteiger partial charge in [0, 0.05) is 6.54 Å². The van der Waals surface area contributed by atoms with E-state index in [9.17, 15) is 9.18 Å². The highest BCUT2D eigenvalue weighted by Gasteiger charge is 2.13. The van der Waals surface area contributed by atoms with E-state index in [4.69, 9.17) is 16.7 Å². The van der Waals surface area contributed by atoms with Gasteiger partial charge < -0.3 is 10.4 Å². The Bertz CT molecular complexity index is 599. The lowest BCUT2D eigenvalue weighted by molar-refractivity contribution is 0.0947. The molecule has 2 aromatic carbocycles. The van der Waals surface area contributed by atoms with Crippen molar-refractivity contribution < 1.29 is 14.3 Å². The van der Waals surface area contributed by atoms with E-state index in [1.54, 1.807) is 12.1 Å². The van der Waals surface area contributed by atoms with Crippen molar-refractivity contribution in [3.8, 4) is 5.75 Å². The van der Waals surface area contributed by atoms with Crippen LogP contribution in [0.25, 0.3) is 0 Å². The van der Waals surface area contributed by atoms with Crippen LogP contribution in [0.5, 0.6) is 5.75 Å². The lowest BCUT2D eigenvalue weighted by Gasteiger charge is -2.07. The molecule has 3 nitrogen and oxygen atoms in total. The maximum absolute atomic E-state index is 13.6. The van der Waals surface area contributed by atoms with Crippen LogP contribution in [-0.2, 0) is 6.54 Å². The Morgan fingerprint density at radius 1 is 1.21 bits per heavy atom. The van der Waals surface area contributed by atoms with Crippen molar-refractivity contribution in [1.29, 1.82) is 0 Å². The third-order valence-corrected chi connectivity index (χ3v) is 2.88. The highest BCUT2D eigenvalue weighted by molar-refractivity contribution is 6.31. The highest BCUT2D eigenvalue weighted by atomic mass is 35.5. The molecule has 2 N–H and O–H groups in total. The first-order valence-electron chi connectivity index (χ1n) is 5.58. The summed E-state index contributed by atoms with van der Waals surface area (Å²) in [5.41, 5.74) is 0.708. The monoisotopic (exact) mass is 279 g/mol. The van der Waals surface area contributed by atoms with Gasteiger partial charge in [-0.2, -0.15) is 0 Å². The van der Waals surface area contributed by atoms with E-state index >= 15 is 0 Å². The van der Waals surface area contributed by atoms with Crippen LogP contribution < -0.4 is 5.32 Å². The second-order valence-corrected chi connectivity index (χ2v) is 4.36. The van der Waals surface area contributed by atoms with Gasteiger partial charge in [-0.1, -0.05) is 29.8 Å². The molecule has 1 amide bonds. The normalized spacial score (nSPS) is 10.2. The Kier molecular flexibility index (Phi) is 4.02.